The van der Waals surface area contributed by atoms with Crippen molar-refractivity contribution in [3.63, 3.8) is 0 Å². The second kappa shape index (κ2) is 5.34. The number of urea groups is 1. The first kappa shape index (κ1) is 13.8. The van der Waals surface area contributed by atoms with E-state index in [1.807, 2.05) is 0 Å². The Morgan fingerprint density at radius 3 is 2.71 bits per heavy atom. The lowest BCUT2D eigenvalue weighted by molar-refractivity contribution is 0.0690. The molecule has 21 heavy (non-hydrogen) atoms. The van der Waals surface area contributed by atoms with E-state index < -0.39 is 5.97 Å². The summed E-state index contributed by atoms with van der Waals surface area (Å²) in [6, 6.07) is 0.252. The molecule has 114 valence electrons. The number of nitrogens with zero attached hydrogens (tertiary/aromatic N) is 4. The van der Waals surface area contributed by atoms with Gasteiger partial charge in [0.2, 0.25) is 0 Å². The Morgan fingerprint density at radius 1 is 1.38 bits per heavy atom. The van der Waals surface area contributed by atoms with E-state index in [0.717, 1.165) is 6.42 Å². The highest BCUT2D eigenvalue weighted by atomic mass is 16.4. The Labute approximate surface area is 122 Å². The fraction of sp³-hybridized carbons (Fsp3) is 0.692. The molecule has 2 aliphatic rings. The van der Waals surface area contributed by atoms with Gasteiger partial charge >= 0.3 is 12.0 Å². The van der Waals surface area contributed by atoms with E-state index in [1.165, 1.54) is 23.7 Å². The predicted molar refractivity (Wildman–Crippen MR) is 72.9 cm³/mol. The van der Waals surface area contributed by atoms with Gasteiger partial charge in [-0.25, -0.2) is 14.3 Å². The molecular formula is C13H19N5O3. The van der Waals surface area contributed by atoms with Crippen LogP contribution in [0.5, 0.6) is 0 Å². The van der Waals surface area contributed by atoms with Gasteiger partial charge in [0.1, 0.15) is 0 Å². The molecular weight excluding hydrogens is 274 g/mol. The summed E-state index contributed by atoms with van der Waals surface area (Å²) >= 11 is 0. The van der Waals surface area contributed by atoms with Crippen molar-refractivity contribution in [1.29, 1.82) is 0 Å². The highest BCUT2D eigenvalue weighted by Gasteiger charge is 2.35. The van der Waals surface area contributed by atoms with Crippen molar-refractivity contribution in [1.82, 2.24) is 25.2 Å². The van der Waals surface area contributed by atoms with Crippen LogP contribution in [0, 0.1) is 5.92 Å². The van der Waals surface area contributed by atoms with Gasteiger partial charge in [0.15, 0.2) is 5.69 Å². The number of nitrogens with one attached hydrogen (secondary N) is 1. The molecule has 0 radical (unpaired) electrons. The molecule has 1 aliphatic heterocycles. The van der Waals surface area contributed by atoms with Gasteiger partial charge in [0, 0.05) is 19.1 Å². The number of hydrogen-bond acceptors (Lipinski definition) is 4. The third kappa shape index (κ3) is 2.70. The smallest absolute Gasteiger partial charge is 0.358 e. The molecule has 1 saturated heterocycles. The summed E-state index contributed by atoms with van der Waals surface area (Å²) in [6.07, 6.45) is 4.80. The zero-order valence-electron chi connectivity index (χ0n) is 11.9. The second-order valence-corrected chi connectivity index (χ2v) is 5.91. The van der Waals surface area contributed by atoms with Crippen LogP contribution >= 0.6 is 0 Å². The summed E-state index contributed by atoms with van der Waals surface area (Å²) in [6.45, 7) is 3.24. The maximum Gasteiger partial charge on any atom is 0.358 e. The average molecular weight is 293 g/mol. The molecule has 0 spiro atoms. The minimum atomic E-state index is -1.09. The Kier molecular flexibility index (Phi) is 3.52. The number of amides is 2. The zero-order chi connectivity index (χ0) is 15.0. The van der Waals surface area contributed by atoms with E-state index >= 15 is 0 Å². The van der Waals surface area contributed by atoms with Gasteiger partial charge in [-0.05, 0) is 18.8 Å². The molecule has 2 amide bonds. The molecule has 8 heteroatoms. The van der Waals surface area contributed by atoms with Crippen LogP contribution in [0.3, 0.4) is 0 Å². The lowest BCUT2D eigenvalue weighted by atomic mass is 10.1. The molecule has 1 aliphatic carbocycles. The van der Waals surface area contributed by atoms with Crippen LogP contribution in [0.25, 0.3) is 0 Å². The van der Waals surface area contributed by atoms with Crippen molar-refractivity contribution in [3.8, 4) is 0 Å². The fourth-order valence-corrected chi connectivity index (χ4v) is 2.95. The van der Waals surface area contributed by atoms with Gasteiger partial charge in [-0.3, -0.25) is 0 Å². The van der Waals surface area contributed by atoms with E-state index in [2.05, 4.69) is 22.6 Å². The highest BCUT2D eigenvalue weighted by molar-refractivity contribution is 5.84. The molecule has 2 unspecified atom stereocenters. The predicted octanol–water partition coefficient (Wildman–Crippen LogP) is 0.731. The van der Waals surface area contributed by atoms with Crippen LogP contribution < -0.4 is 5.32 Å². The molecule has 2 N–H and O–H groups in total. The SMILES string of the molecule is CC1CCCC1NC(=O)N1CC(n2cc(C(=O)O)nn2)C1. The first-order valence-corrected chi connectivity index (χ1v) is 7.25. The summed E-state index contributed by atoms with van der Waals surface area (Å²) < 4.78 is 1.52. The molecule has 2 heterocycles. The Hall–Kier alpha value is -2.12. The number of likely N-dealkylation sites (tertiary alicyclic amines) is 1. The van der Waals surface area contributed by atoms with Crippen molar-refractivity contribution in [3.05, 3.63) is 11.9 Å². The van der Waals surface area contributed by atoms with Crippen LogP contribution in [0.4, 0.5) is 4.79 Å². The molecule has 1 aromatic heterocycles. The second-order valence-electron chi connectivity index (χ2n) is 5.91. The van der Waals surface area contributed by atoms with Crippen molar-refractivity contribution in [2.45, 2.75) is 38.3 Å². The number of carboxylic acid groups (broad SMARTS) is 1. The highest BCUT2D eigenvalue weighted by Crippen LogP contribution is 2.26. The summed E-state index contributed by atoms with van der Waals surface area (Å²) in [5.74, 6) is -0.551. The van der Waals surface area contributed by atoms with Gasteiger partial charge in [0.05, 0.1) is 12.2 Å². The van der Waals surface area contributed by atoms with Gasteiger partial charge in [-0.2, -0.15) is 0 Å². The third-order valence-electron chi connectivity index (χ3n) is 4.42. The number of rotatable bonds is 3. The standard InChI is InChI=1S/C13H19N5O3/c1-8-3-2-4-10(8)14-13(21)17-5-9(6-17)18-7-11(12(19)20)15-16-18/h7-10H,2-6H2,1H3,(H,14,21)(H,19,20). The zero-order valence-corrected chi connectivity index (χ0v) is 11.9. The average Bonchev–Trinajstić information content (AvgIpc) is 2.98. The quantitative estimate of drug-likeness (QED) is 0.855. The van der Waals surface area contributed by atoms with Crippen molar-refractivity contribution in [2.75, 3.05) is 13.1 Å². The van der Waals surface area contributed by atoms with E-state index in [9.17, 15) is 9.59 Å². The third-order valence-corrected chi connectivity index (χ3v) is 4.42. The lowest BCUT2D eigenvalue weighted by Crippen LogP contribution is -2.56. The van der Waals surface area contributed by atoms with Crippen LogP contribution in [0.1, 0.15) is 42.7 Å². The minimum Gasteiger partial charge on any atom is -0.476 e. The number of aromatic nitrogens is 3. The first-order valence-electron chi connectivity index (χ1n) is 7.25. The van der Waals surface area contributed by atoms with E-state index in [-0.39, 0.29) is 23.8 Å². The molecule has 2 atom stereocenters. The number of carboxylic acids is 1. The van der Waals surface area contributed by atoms with Crippen LogP contribution in [0.15, 0.2) is 6.20 Å². The molecule has 8 nitrogen and oxygen atoms in total. The molecule has 1 saturated carbocycles. The van der Waals surface area contributed by atoms with Gasteiger partial charge < -0.3 is 15.3 Å². The molecule has 1 aromatic rings. The maximum absolute atomic E-state index is 12.1. The molecule has 2 fully saturated rings. The number of carbonyl (C=O) groups excluding carboxylic acids is 1. The number of aromatic carboxylic acids is 1. The van der Waals surface area contributed by atoms with Crippen LogP contribution in [0.2, 0.25) is 0 Å². The lowest BCUT2D eigenvalue weighted by Gasteiger charge is -2.39. The Morgan fingerprint density at radius 2 is 2.14 bits per heavy atom. The first-order chi connectivity index (χ1) is 10.0. The van der Waals surface area contributed by atoms with Crippen LogP contribution in [-0.4, -0.2) is 56.1 Å². The summed E-state index contributed by atoms with van der Waals surface area (Å²) in [7, 11) is 0. The van der Waals surface area contributed by atoms with Crippen molar-refractivity contribution in [2.24, 2.45) is 5.92 Å². The topological polar surface area (TPSA) is 100 Å². The maximum atomic E-state index is 12.1. The summed E-state index contributed by atoms with van der Waals surface area (Å²) in [4.78, 5) is 24.6. The van der Waals surface area contributed by atoms with Gasteiger partial charge in [0.25, 0.3) is 0 Å². The van der Waals surface area contributed by atoms with Crippen molar-refractivity contribution < 1.29 is 14.7 Å². The number of hydrogen-bond donors (Lipinski definition) is 2. The van der Waals surface area contributed by atoms with E-state index in [1.54, 1.807) is 4.90 Å². The fourth-order valence-electron chi connectivity index (χ4n) is 2.95. The Bertz CT molecular complexity index is 552. The largest absolute Gasteiger partial charge is 0.476 e. The minimum absolute atomic E-state index is 0.0114. The van der Waals surface area contributed by atoms with Crippen molar-refractivity contribution >= 4 is 12.0 Å². The van der Waals surface area contributed by atoms with Crippen LogP contribution in [-0.2, 0) is 0 Å². The van der Waals surface area contributed by atoms with Gasteiger partial charge in [-0.1, -0.05) is 18.6 Å². The molecule has 3 rings (SSSR count). The van der Waals surface area contributed by atoms with Gasteiger partial charge in [-0.15, -0.1) is 5.10 Å². The van der Waals surface area contributed by atoms with E-state index in [4.69, 9.17) is 5.11 Å². The number of carbonyl (C=O) groups is 2. The summed E-state index contributed by atoms with van der Waals surface area (Å²) in [5, 5.41) is 19.3. The molecule has 0 bridgehead atoms. The molecule has 0 aromatic carbocycles. The van der Waals surface area contributed by atoms with E-state index in [0.29, 0.717) is 19.0 Å². The summed E-state index contributed by atoms with van der Waals surface area (Å²) in [5.41, 5.74) is -0.0716. The normalized spacial score (nSPS) is 25.7. The monoisotopic (exact) mass is 293 g/mol. The Balaban J connectivity index is 1.50.